The fourth-order valence-corrected chi connectivity index (χ4v) is 3.28. The summed E-state index contributed by atoms with van der Waals surface area (Å²) in [5.74, 6) is 0. The van der Waals surface area contributed by atoms with E-state index in [1.54, 1.807) is 11.3 Å². The van der Waals surface area contributed by atoms with Crippen LogP contribution < -0.4 is 0 Å². The maximum atomic E-state index is 10.2. The van der Waals surface area contributed by atoms with Crippen LogP contribution in [0, 0.1) is 0 Å². The van der Waals surface area contributed by atoms with Crippen LogP contribution in [0.1, 0.15) is 34.1 Å². The van der Waals surface area contributed by atoms with Gasteiger partial charge in [0.25, 0.3) is 0 Å². The molecule has 1 aliphatic carbocycles. The van der Waals surface area contributed by atoms with E-state index in [2.05, 4.69) is 29.6 Å². The molecule has 0 saturated heterocycles. The van der Waals surface area contributed by atoms with Crippen molar-refractivity contribution >= 4 is 11.3 Å². The molecule has 1 aliphatic rings. The topological polar surface area (TPSA) is 20.2 Å². The summed E-state index contributed by atoms with van der Waals surface area (Å²) in [5, 5.41) is 12.3. The van der Waals surface area contributed by atoms with Crippen molar-refractivity contribution in [2.45, 2.75) is 31.8 Å². The third-order valence-corrected chi connectivity index (χ3v) is 4.38. The van der Waals surface area contributed by atoms with Crippen LogP contribution in [0.15, 0.2) is 35.7 Å². The molecular formula is C15H16OS. The smallest absolute Gasteiger partial charge is 0.0838 e. The molecule has 0 amide bonds. The van der Waals surface area contributed by atoms with Gasteiger partial charge in [-0.25, -0.2) is 0 Å². The van der Waals surface area contributed by atoms with E-state index in [9.17, 15) is 5.11 Å². The lowest BCUT2D eigenvalue weighted by Crippen LogP contribution is -2.01. The number of hydrogen-bond acceptors (Lipinski definition) is 2. The Morgan fingerprint density at radius 2 is 2.06 bits per heavy atom. The van der Waals surface area contributed by atoms with Crippen molar-refractivity contribution in [2.75, 3.05) is 0 Å². The summed E-state index contributed by atoms with van der Waals surface area (Å²) in [6, 6.07) is 10.6. The molecule has 0 radical (unpaired) electrons. The van der Waals surface area contributed by atoms with Crippen LogP contribution in [0.25, 0.3) is 0 Å². The number of benzene rings is 1. The minimum Gasteiger partial charge on any atom is -0.388 e. The Labute approximate surface area is 106 Å². The lowest BCUT2D eigenvalue weighted by Gasteiger charge is -2.11. The molecule has 1 N–H and O–H groups in total. The fraction of sp³-hybridized carbons (Fsp3) is 0.333. The van der Waals surface area contributed by atoms with Crippen LogP contribution in [0.5, 0.6) is 0 Å². The standard InChI is InChI=1S/C15H16OS/c16-15(10-14-5-2-8-17-14)13-7-6-11-3-1-4-12(11)9-13/h2,5-9,15-16H,1,3-4,10H2. The van der Waals surface area contributed by atoms with Gasteiger partial charge in [-0.2, -0.15) is 0 Å². The highest BCUT2D eigenvalue weighted by Crippen LogP contribution is 2.27. The molecular weight excluding hydrogens is 228 g/mol. The first-order chi connectivity index (χ1) is 8.33. The average molecular weight is 244 g/mol. The van der Waals surface area contributed by atoms with E-state index in [0.717, 1.165) is 12.0 Å². The van der Waals surface area contributed by atoms with E-state index < -0.39 is 0 Å². The average Bonchev–Trinajstić information content (AvgIpc) is 2.97. The van der Waals surface area contributed by atoms with Crippen molar-refractivity contribution in [3.63, 3.8) is 0 Å². The Morgan fingerprint density at radius 3 is 2.88 bits per heavy atom. The summed E-state index contributed by atoms with van der Waals surface area (Å²) in [7, 11) is 0. The number of aliphatic hydroxyl groups excluding tert-OH is 1. The summed E-state index contributed by atoms with van der Waals surface area (Å²) < 4.78 is 0. The minimum atomic E-state index is -0.362. The molecule has 88 valence electrons. The second-order valence-electron chi connectivity index (χ2n) is 4.68. The first kappa shape index (κ1) is 11.0. The van der Waals surface area contributed by atoms with Crippen LogP contribution in [-0.2, 0) is 19.3 Å². The summed E-state index contributed by atoms with van der Waals surface area (Å²) in [4.78, 5) is 1.25. The largest absolute Gasteiger partial charge is 0.388 e. The van der Waals surface area contributed by atoms with Crippen LogP contribution in [0.3, 0.4) is 0 Å². The van der Waals surface area contributed by atoms with Gasteiger partial charge < -0.3 is 5.11 Å². The highest BCUT2D eigenvalue weighted by molar-refractivity contribution is 7.09. The van der Waals surface area contributed by atoms with E-state index in [1.165, 1.54) is 35.3 Å². The molecule has 1 unspecified atom stereocenters. The Kier molecular flexibility index (Phi) is 3.00. The van der Waals surface area contributed by atoms with Gasteiger partial charge in [0, 0.05) is 11.3 Å². The Morgan fingerprint density at radius 1 is 1.18 bits per heavy atom. The van der Waals surface area contributed by atoms with Crippen LogP contribution in [-0.4, -0.2) is 5.11 Å². The van der Waals surface area contributed by atoms with Crippen molar-refractivity contribution < 1.29 is 5.11 Å². The van der Waals surface area contributed by atoms with Gasteiger partial charge in [-0.15, -0.1) is 11.3 Å². The third kappa shape index (κ3) is 2.28. The van der Waals surface area contributed by atoms with Crippen LogP contribution >= 0.6 is 11.3 Å². The van der Waals surface area contributed by atoms with Gasteiger partial charge in [0.1, 0.15) is 0 Å². The lowest BCUT2D eigenvalue weighted by molar-refractivity contribution is 0.179. The SMILES string of the molecule is OC(Cc1cccs1)c1ccc2c(c1)CCC2. The molecule has 2 heteroatoms. The van der Waals surface area contributed by atoms with Gasteiger partial charge in [0.15, 0.2) is 0 Å². The zero-order valence-electron chi connectivity index (χ0n) is 9.73. The molecule has 1 aromatic carbocycles. The molecule has 0 aliphatic heterocycles. The molecule has 0 spiro atoms. The van der Waals surface area contributed by atoms with Crippen LogP contribution in [0.2, 0.25) is 0 Å². The summed E-state index contributed by atoms with van der Waals surface area (Å²) in [6.07, 6.45) is 4.02. The first-order valence-electron chi connectivity index (χ1n) is 6.15. The second kappa shape index (κ2) is 4.63. The highest BCUT2D eigenvalue weighted by Gasteiger charge is 2.14. The van der Waals surface area contributed by atoms with Gasteiger partial charge in [-0.3, -0.25) is 0 Å². The number of aliphatic hydroxyl groups is 1. The van der Waals surface area contributed by atoms with E-state index in [-0.39, 0.29) is 6.10 Å². The molecule has 1 nitrogen and oxygen atoms in total. The molecule has 0 bridgehead atoms. The van der Waals surface area contributed by atoms with Crippen molar-refractivity contribution in [1.82, 2.24) is 0 Å². The molecule has 17 heavy (non-hydrogen) atoms. The second-order valence-corrected chi connectivity index (χ2v) is 5.71. The number of aryl methyl sites for hydroxylation is 2. The Hall–Kier alpha value is -1.12. The zero-order chi connectivity index (χ0) is 11.7. The maximum Gasteiger partial charge on any atom is 0.0838 e. The van der Waals surface area contributed by atoms with E-state index in [0.29, 0.717) is 0 Å². The van der Waals surface area contributed by atoms with Gasteiger partial charge in [-0.05, 0) is 47.4 Å². The predicted molar refractivity (Wildman–Crippen MR) is 71.4 cm³/mol. The molecule has 2 aromatic rings. The van der Waals surface area contributed by atoms with Crippen molar-refractivity contribution in [3.05, 3.63) is 57.3 Å². The molecule has 1 atom stereocenters. The molecule has 1 aromatic heterocycles. The monoisotopic (exact) mass is 244 g/mol. The number of thiophene rings is 1. The molecule has 0 fully saturated rings. The van der Waals surface area contributed by atoms with Gasteiger partial charge in [0.05, 0.1) is 6.10 Å². The van der Waals surface area contributed by atoms with E-state index in [1.807, 2.05) is 6.07 Å². The predicted octanol–water partition coefficient (Wildman–Crippen LogP) is 3.51. The normalized spacial score (nSPS) is 15.8. The summed E-state index contributed by atoms with van der Waals surface area (Å²) >= 11 is 1.71. The Balaban J connectivity index is 1.79. The van der Waals surface area contributed by atoms with Crippen molar-refractivity contribution in [2.24, 2.45) is 0 Å². The minimum absolute atomic E-state index is 0.362. The number of fused-ring (bicyclic) bond motifs is 1. The van der Waals surface area contributed by atoms with Gasteiger partial charge >= 0.3 is 0 Å². The van der Waals surface area contributed by atoms with E-state index in [4.69, 9.17) is 0 Å². The third-order valence-electron chi connectivity index (χ3n) is 3.48. The zero-order valence-corrected chi connectivity index (χ0v) is 10.5. The molecule has 1 heterocycles. The molecule has 0 saturated carbocycles. The van der Waals surface area contributed by atoms with Gasteiger partial charge in [0.2, 0.25) is 0 Å². The van der Waals surface area contributed by atoms with E-state index >= 15 is 0 Å². The maximum absolute atomic E-state index is 10.2. The highest BCUT2D eigenvalue weighted by atomic mass is 32.1. The van der Waals surface area contributed by atoms with Crippen molar-refractivity contribution in [3.8, 4) is 0 Å². The summed E-state index contributed by atoms with van der Waals surface area (Å²) in [5.41, 5.74) is 3.98. The van der Waals surface area contributed by atoms with Crippen molar-refractivity contribution in [1.29, 1.82) is 0 Å². The summed E-state index contributed by atoms with van der Waals surface area (Å²) in [6.45, 7) is 0. The number of rotatable bonds is 3. The Bertz CT molecular complexity index is 502. The molecule has 3 rings (SSSR count). The lowest BCUT2D eigenvalue weighted by atomic mass is 10.0. The number of hydrogen-bond donors (Lipinski definition) is 1. The van der Waals surface area contributed by atoms with Crippen LogP contribution in [0.4, 0.5) is 0 Å². The fourth-order valence-electron chi connectivity index (χ4n) is 2.54. The first-order valence-corrected chi connectivity index (χ1v) is 7.03. The quantitative estimate of drug-likeness (QED) is 0.876. The van der Waals surface area contributed by atoms with Gasteiger partial charge in [-0.1, -0.05) is 24.3 Å².